The van der Waals surface area contributed by atoms with Crippen LogP contribution in [0.4, 0.5) is 0 Å². The van der Waals surface area contributed by atoms with Gasteiger partial charge in [-0.25, -0.2) is 10.4 Å². The van der Waals surface area contributed by atoms with E-state index in [2.05, 4.69) is 21.4 Å². The van der Waals surface area contributed by atoms with Crippen molar-refractivity contribution in [3.05, 3.63) is 71.8 Å². The molecule has 2 amide bonds. The van der Waals surface area contributed by atoms with Gasteiger partial charge in [0.25, 0.3) is 0 Å². The zero-order valence-corrected chi connectivity index (χ0v) is 22.8. The Kier molecular flexibility index (Phi) is 9.73. The van der Waals surface area contributed by atoms with Crippen LogP contribution in [0, 0.1) is 0 Å². The van der Waals surface area contributed by atoms with Gasteiger partial charge in [-0.05, 0) is 60.5 Å². The topological polar surface area (TPSA) is 146 Å². The number of ketones is 2. The second-order valence-electron chi connectivity index (χ2n) is 10.0. The smallest absolute Gasteiger partial charge is 0.238 e. The molecule has 0 spiro atoms. The predicted octanol–water partition coefficient (Wildman–Crippen LogP) is 1.25. The second kappa shape index (κ2) is 13.4. The summed E-state index contributed by atoms with van der Waals surface area (Å²) in [6, 6.07) is 17.7. The van der Waals surface area contributed by atoms with E-state index in [-0.39, 0.29) is 42.5 Å². The molecule has 4 rings (SSSR count). The molecule has 1 aliphatic rings. The minimum Gasteiger partial charge on any atom is -0.347 e. The Morgan fingerprint density at radius 1 is 0.900 bits per heavy atom. The monoisotopic (exact) mass is 544 g/mol. The molecule has 1 aliphatic heterocycles. The van der Waals surface area contributed by atoms with Crippen molar-refractivity contribution in [1.29, 1.82) is 0 Å². The van der Waals surface area contributed by atoms with Crippen molar-refractivity contribution in [3.8, 4) is 11.1 Å². The van der Waals surface area contributed by atoms with Crippen LogP contribution in [-0.4, -0.2) is 80.7 Å². The largest absolute Gasteiger partial charge is 0.347 e. The third-order valence-corrected chi connectivity index (χ3v) is 7.04. The van der Waals surface area contributed by atoms with Crippen LogP contribution >= 0.6 is 0 Å². The fraction of sp³-hybridized carbons (Fsp3) is 0.333. The fourth-order valence-electron chi connectivity index (χ4n) is 4.58. The van der Waals surface area contributed by atoms with Gasteiger partial charge in [0, 0.05) is 24.7 Å². The molecule has 0 bridgehead atoms. The van der Waals surface area contributed by atoms with Crippen LogP contribution in [0.25, 0.3) is 21.9 Å². The van der Waals surface area contributed by atoms with E-state index in [0.717, 1.165) is 28.4 Å². The van der Waals surface area contributed by atoms with E-state index in [1.54, 1.807) is 25.2 Å². The third kappa shape index (κ3) is 7.36. The molecule has 0 unspecified atom stereocenters. The normalized spacial score (nSPS) is 16.0. The first kappa shape index (κ1) is 29.0. The molecular weight excluding hydrogens is 508 g/mol. The molecule has 210 valence electrons. The van der Waals surface area contributed by atoms with Crippen LogP contribution in [-0.2, 0) is 9.59 Å². The molecule has 0 aromatic heterocycles. The van der Waals surface area contributed by atoms with E-state index < -0.39 is 6.04 Å². The van der Waals surface area contributed by atoms with Gasteiger partial charge < -0.3 is 21.7 Å². The summed E-state index contributed by atoms with van der Waals surface area (Å²) in [6.07, 6.45) is 1.20. The lowest BCUT2D eigenvalue weighted by molar-refractivity contribution is -0.123. The van der Waals surface area contributed by atoms with E-state index in [1.165, 1.54) is 0 Å². The molecule has 2 atom stereocenters. The summed E-state index contributed by atoms with van der Waals surface area (Å²) in [5.74, 6) is -0.869. The van der Waals surface area contributed by atoms with Crippen LogP contribution in [0.15, 0.2) is 60.7 Å². The molecule has 1 saturated heterocycles. The number of hydrazine groups is 1. The van der Waals surface area contributed by atoms with Gasteiger partial charge in [0.2, 0.25) is 11.8 Å². The molecule has 10 nitrogen and oxygen atoms in total. The maximum absolute atomic E-state index is 12.7. The molecule has 0 radical (unpaired) electrons. The molecule has 40 heavy (non-hydrogen) atoms. The average Bonchev–Trinajstić information content (AvgIpc) is 3.42. The maximum atomic E-state index is 12.7. The number of rotatable bonds is 12. The first-order valence-corrected chi connectivity index (χ1v) is 13.4. The van der Waals surface area contributed by atoms with E-state index in [9.17, 15) is 19.2 Å². The number of carbonyl (C=O) groups is 4. The van der Waals surface area contributed by atoms with E-state index in [0.29, 0.717) is 30.5 Å². The van der Waals surface area contributed by atoms with Crippen molar-refractivity contribution in [3.63, 3.8) is 0 Å². The number of hydrogen-bond donors (Lipinski definition) is 5. The van der Waals surface area contributed by atoms with Crippen molar-refractivity contribution in [2.75, 3.05) is 40.3 Å². The highest BCUT2D eigenvalue weighted by Crippen LogP contribution is 2.26. The number of nitrogens with one attached hydrogen (secondary N) is 4. The van der Waals surface area contributed by atoms with E-state index in [1.807, 2.05) is 54.5 Å². The SMILES string of the molecule is CNCC[C@H](N)C(=O)NCC(=O)c1ccc(-c2ccc3cc(C(=O)CNC(=O)[C@@H]4CCN(C)N4)ccc3c2)cc1. The van der Waals surface area contributed by atoms with Crippen molar-refractivity contribution in [2.45, 2.75) is 24.9 Å². The van der Waals surface area contributed by atoms with Crippen molar-refractivity contribution < 1.29 is 19.2 Å². The van der Waals surface area contributed by atoms with Gasteiger partial charge >= 0.3 is 0 Å². The number of hydrogen-bond acceptors (Lipinski definition) is 8. The molecule has 0 saturated carbocycles. The molecular formula is C30H36N6O4. The first-order chi connectivity index (χ1) is 19.2. The zero-order valence-electron chi connectivity index (χ0n) is 22.8. The standard InChI is InChI=1S/C30H36N6O4/c1-32-13-11-25(31)29(39)33-17-27(37)20-5-3-19(4-6-20)21-7-8-23-16-24(10-9-22(23)15-21)28(38)18-34-30(40)26-12-14-36(2)35-26/h3-10,15-16,25-26,32,35H,11-14,17-18,31H2,1-2H3,(H,33,39)(H,34,40)/t25-,26-/m0/s1. The number of fused-ring (bicyclic) bond motifs is 1. The molecule has 0 aliphatic carbocycles. The van der Waals surface area contributed by atoms with Gasteiger partial charge in [-0.2, -0.15) is 0 Å². The number of nitrogens with zero attached hydrogens (tertiary/aromatic N) is 1. The highest BCUT2D eigenvalue weighted by molar-refractivity contribution is 6.03. The Hall–Kier alpha value is -3.96. The molecule has 1 heterocycles. The lowest BCUT2D eigenvalue weighted by Crippen LogP contribution is -2.45. The van der Waals surface area contributed by atoms with Gasteiger partial charge in [0.05, 0.1) is 19.1 Å². The van der Waals surface area contributed by atoms with E-state index in [4.69, 9.17) is 5.73 Å². The van der Waals surface area contributed by atoms with Gasteiger partial charge in [0.15, 0.2) is 11.6 Å². The molecule has 3 aromatic carbocycles. The summed E-state index contributed by atoms with van der Waals surface area (Å²) < 4.78 is 0. The quantitative estimate of drug-likeness (QED) is 0.214. The maximum Gasteiger partial charge on any atom is 0.238 e. The lowest BCUT2D eigenvalue weighted by atomic mass is 9.98. The lowest BCUT2D eigenvalue weighted by Gasteiger charge is -2.13. The predicted molar refractivity (Wildman–Crippen MR) is 155 cm³/mol. The number of carbonyl (C=O) groups excluding carboxylic acids is 4. The Labute approximate surface area is 233 Å². The summed E-state index contributed by atoms with van der Waals surface area (Å²) >= 11 is 0. The van der Waals surface area contributed by atoms with Crippen molar-refractivity contribution >= 4 is 34.2 Å². The zero-order chi connectivity index (χ0) is 28.6. The molecule has 1 fully saturated rings. The fourth-order valence-corrected chi connectivity index (χ4v) is 4.58. The van der Waals surface area contributed by atoms with Crippen molar-refractivity contribution in [2.24, 2.45) is 5.73 Å². The van der Waals surface area contributed by atoms with Gasteiger partial charge in [0.1, 0.15) is 6.04 Å². The minimum absolute atomic E-state index is 0.0534. The van der Waals surface area contributed by atoms with Crippen LogP contribution in [0.5, 0.6) is 0 Å². The number of nitrogens with two attached hydrogens (primary N) is 1. The molecule has 3 aromatic rings. The average molecular weight is 545 g/mol. The second-order valence-corrected chi connectivity index (χ2v) is 10.0. The molecule has 6 N–H and O–H groups in total. The third-order valence-electron chi connectivity index (χ3n) is 7.04. The number of amides is 2. The van der Waals surface area contributed by atoms with Crippen LogP contribution in [0.1, 0.15) is 33.6 Å². The Bertz CT molecular complexity index is 1390. The van der Waals surface area contributed by atoms with Crippen LogP contribution < -0.4 is 27.1 Å². The van der Waals surface area contributed by atoms with Crippen LogP contribution in [0.3, 0.4) is 0 Å². The van der Waals surface area contributed by atoms with Gasteiger partial charge in [-0.3, -0.25) is 19.2 Å². The van der Waals surface area contributed by atoms with Crippen LogP contribution in [0.2, 0.25) is 0 Å². The minimum atomic E-state index is -0.660. The first-order valence-electron chi connectivity index (χ1n) is 13.4. The Morgan fingerprint density at radius 3 is 2.23 bits per heavy atom. The summed E-state index contributed by atoms with van der Waals surface area (Å²) in [7, 11) is 3.66. The highest BCUT2D eigenvalue weighted by atomic mass is 16.2. The van der Waals surface area contributed by atoms with Gasteiger partial charge in [-0.1, -0.05) is 48.5 Å². The molecule has 10 heteroatoms. The summed E-state index contributed by atoms with van der Waals surface area (Å²) in [4.78, 5) is 49.6. The highest BCUT2D eigenvalue weighted by Gasteiger charge is 2.25. The van der Waals surface area contributed by atoms with Gasteiger partial charge in [-0.15, -0.1) is 0 Å². The summed E-state index contributed by atoms with van der Waals surface area (Å²) in [6.45, 7) is 1.24. The Balaban J connectivity index is 1.34. The Morgan fingerprint density at radius 2 is 1.52 bits per heavy atom. The summed E-state index contributed by atoms with van der Waals surface area (Å²) in [5, 5.41) is 12.0. The summed E-state index contributed by atoms with van der Waals surface area (Å²) in [5.41, 5.74) is 11.8. The number of Topliss-reactive ketones (excluding diaryl/α,β-unsaturated/α-hetero) is 2. The number of benzene rings is 3. The van der Waals surface area contributed by atoms with E-state index >= 15 is 0 Å². The van der Waals surface area contributed by atoms with Crippen molar-refractivity contribution in [1.82, 2.24) is 26.4 Å².